The Kier molecular flexibility index (Phi) is 6.25. The predicted octanol–water partition coefficient (Wildman–Crippen LogP) is 2.18. The number of nitrogens with zero attached hydrogens (tertiary/aromatic N) is 3. The summed E-state index contributed by atoms with van der Waals surface area (Å²) in [5, 5.41) is 6.34. The summed E-state index contributed by atoms with van der Waals surface area (Å²) in [6.07, 6.45) is 8.95. The van der Waals surface area contributed by atoms with E-state index in [4.69, 9.17) is 4.74 Å². The number of likely N-dealkylation sites (tertiary alicyclic amines) is 1. The molecule has 1 saturated carbocycles. The molecule has 1 aromatic heterocycles. The fraction of sp³-hybridized carbons (Fsp3) is 0.667. The molecule has 0 bridgehead atoms. The van der Waals surface area contributed by atoms with Gasteiger partial charge in [-0.1, -0.05) is 12.8 Å². The zero-order valence-electron chi connectivity index (χ0n) is 15.2. The summed E-state index contributed by atoms with van der Waals surface area (Å²) in [5.41, 5.74) is 0.347. The molecule has 0 aromatic carbocycles. The summed E-state index contributed by atoms with van der Waals surface area (Å²) < 4.78 is 5.02. The van der Waals surface area contributed by atoms with Crippen LogP contribution in [0.4, 0.5) is 10.6 Å². The van der Waals surface area contributed by atoms with E-state index in [0.717, 1.165) is 25.7 Å². The average molecular weight is 361 g/mol. The Morgan fingerprint density at radius 2 is 1.85 bits per heavy atom. The lowest BCUT2D eigenvalue weighted by atomic mass is 10.1. The van der Waals surface area contributed by atoms with Crippen molar-refractivity contribution in [3.63, 3.8) is 0 Å². The van der Waals surface area contributed by atoms with Crippen molar-refractivity contribution in [3.05, 3.63) is 18.1 Å². The Morgan fingerprint density at radius 3 is 2.46 bits per heavy atom. The van der Waals surface area contributed by atoms with E-state index in [2.05, 4.69) is 20.6 Å². The predicted molar refractivity (Wildman–Crippen MR) is 97.0 cm³/mol. The standard InChI is InChI=1S/C18H27N5O3/c1-2-26-18(25)23-9-7-14(8-10-23)21-16-12-19-15(11-20-16)17(24)22-13-5-3-4-6-13/h11-14H,2-10H2,1H3,(H,20,21)(H,22,24). The molecule has 2 heterocycles. The molecular weight excluding hydrogens is 334 g/mol. The van der Waals surface area contributed by atoms with E-state index in [-0.39, 0.29) is 24.1 Å². The Balaban J connectivity index is 1.46. The van der Waals surface area contributed by atoms with E-state index in [0.29, 0.717) is 31.2 Å². The molecule has 2 N–H and O–H groups in total. The topological polar surface area (TPSA) is 96.5 Å². The molecule has 1 aliphatic heterocycles. The third kappa shape index (κ3) is 4.83. The van der Waals surface area contributed by atoms with Gasteiger partial charge >= 0.3 is 6.09 Å². The van der Waals surface area contributed by atoms with Gasteiger partial charge in [0.1, 0.15) is 11.5 Å². The summed E-state index contributed by atoms with van der Waals surface area (Å²) >= 11 is 0. The molecule has 0 radical (unpaired) electrons. The Hall–Kier alpha value is -2.38. The van der Waals surface area contributed by atoms with Crippen LogP contribution in [-0.2, 0) is 4.74 Å². The lowest BCUT2D eigenvalue weighted by molar-refractivity contribution is 0.0931. The molecule has 8 heteroatoms. The van der Waals surface area contributed by atoms with Crippen LogP contribution in [0.2, 0.25) is 0 Å². The molecule has 0 atom stereocenters. The first-order chi connectivity index (χ1) is 12.7. The number of rotatable bonds is 5. The van der Waals surface area contributed by atoms with Gasteiger partial charge in [-0.25, -0.2) is 14.8 Å². The molecule has 1 saturated heterocycles. The van der Waals surface area contributed by atoms with Crippen molar-refractivity contribution in [2.24, 2.45) is 0 Å². The third-order valence-electron chi connectivity index (χ3n) is 4.95. The van der Waals surface area contributed by atoms with Crippen LogP contribution in [0.3, 0.4) is 0 Å². The summed E-state index contributed by atoms with van der Waals surface area (Å²) in [6.45, 7) is 3.52. The first-order valence-electron chi connectivity index (χ1n) is 9.47. The summed E-state index contributed by atoms with van der Waals surface area (Å²) in [6, 6.07) is 0.500. The van der Waals surface area contributed by atoms with Crippen LogP contribution < -0.4 is 10.6 Å². The molecule has 0 unspecified atom stereocenters. The highest BCUT2D eigenvalue weighted by Crippen LogP contribution is 2.18. The molecule has 2 amide bonds. The SMILES string of the molecule is CCOC(=O)N1CCC(Nc2cnc(C(=O)NC3CCCC3)cn2)CC1. The molecule has 2 aliphatic rings. The highest BCUT2D eigenvalue weighted by Gasteiger charge is 2.24. The van der Waals surface area contributed by atoms with Gasteiger partial charge in [0.05, 0.1) is 19.0 Å². The number of amides is 2. The third-order valence-corrected chi connectivity index (χ3v) is 4.95. The van der Waals surface area contributed by atoms with Crippen LogP contribution in [-0.4, -0.2) is 58.6 Å². The summed E-state index contributed by atoms with van der Waals surface area (Å²) in [7, 11) is 0. The molecule has 26 heavy (non-hydrogen) atoms. The minimum absolute atomic E-state index is 0.154. The number of hydrogen-bond acceptors (Lipinski definition) is 6. The normalized spacial score (nSPS) is 18.6. The Labute approximate surface area is 153 Å². The van der Waals surface area contributed by atoms with Crippen molar-refractivity contribution in [2.75, 3.05) is 25.0 Å². The minimum Gasteiger partial charge on any atom is -0.450 e. The van der Waals surface area contributed by atoms with Crippen molar-refractivity contribution < 1.29 is 14.3 Å². The first kappa shape index (κ1) is 18.4. The van der Waals surface area contributed by atoms with Crippen LogP contribution in [0.1, 0.15) is 55.9 Å². The maximum Gasteiger partial charge on any atom is 0.409 e. The number of aromatic nitrogens is 2. The lowest BCUT2D eigenvalue weighted by Crippen LogP contribution is -2.42. The van der Waals surface area contributed by atoms with E-state index >= 15 is 0 Å². The highest BCUT2D eigenvalue weighted by atomic mass is 16.6. The highest BCUT2D eigenvalue weighted by molar-refractivity contribution is 5.92. The van der Waals surface area contributed by atoms with Crippen LogP contribution in [0.25, 0.3) is 0 Å². The number of carbonyl (C=O) groups excluding carboxylic acids is 2. The number of nitrogens with one attached hydrogen (secondary N) is 2. The molecule has 3 rings (SSSR count). The van der Waals surface area contributed by atoms with Crippen molar-refractivity contribution in [1.29, 1.82) is 0 Å². The number of anilines is 1. The number of hydrogen-bond donors (Lipinski definition) is 2. The van der Waals surface area contributed by atoms with E-state index in [1.54, 1.807) is 11.1 Å². The van der Waals surface area contributed by atoms with Crippen LogP contribution in [0.5, 0.6) is 0 Å². The number of carbonyl (C=O) groups is 2. The second-order valence-electron chi connectivity index (χ2n) is 6.85. The van der Waals surface area contributed by atoms with Gasteiger partial charge in [0.15, 0.2) is 0 Å². The van der Waals surface area contributed by atoms with Gasteiger partial charge in [-0.05, 0) is 32.6 Å². The second-order valence-corrected chi connectivity index (χ2v) is 6.85. The van der Waals surface area contributed by atoms with Crippen LogP contribution in [0.15, 0.2) is 12.4 Å². The van der Waals surface area contributed by atoms with Gasteiger partial charge in [-0.2, -0.15) is 0 Å². The molecule has 8 nitrogen and oxygen atoms in total. The van der Waals surface area contributed by atoms with E-state index in [1.807, 2.05) is 6.92 Å². The Morgan fingerprint density at radius 1 is 1.12 bits per heavy atom. The monoisotopic (exact) mass is 361 g/mol. The van der Waals surface area contributed by atoms with E-state index in [1.165, 1.54) is 19.0 Å². The van der Waals surface area contributed by atoms with Gasteiger partial charge in [0.2, 0.25) is 0 Å². The summed E-state index contributed by atoms with van der Waals surface area (Å²) in [4.78, 5) is 34.2. The smallest absolute Gasteiger partial charge is 0.409 e. The number of piperidine rings is 1. The maximum absolute atomic E-state index is 12.2. The number of ether oxygens (including phenoxy) is 1. The van der Waals surface area contributed by atoms with Gasteiger partial charge in [0, 0.05) is 25.2 Å². The fourth-order valence-electron chi connectivity index (χ4n) is 3.48. The van der Waals surface area contributed by atoms with Gasteiger partial charge < -0.3 is 20.3 Å². The molecule has 1 aliphatic carbocycles. The van der Waals surface area contributed by atoms with E-state index in [9.17, 15) is 9.59 Å². The first-order valence-corrected chi connectivity index (χ1v) is 9.47. The summed E-state index contributed by atoms with van der Waals surface area (Å²) in [5.74, 6) is 0.496. The van der Waals surface area contributed by atoms with Gasteiger partial charge in [-0.15, -0.1) is 0 Å². The average Bonchev–Trinajstić information content (AvgIpc) is 3.16. The molecule has 142 valence electrons. The zero-order valence-corrected chi connectivity index (χ0v) is 15.2. The largest absolute Gasteiger partial charge is 0.450 e. The molecule has 2 fully saturated rings. The molecule has 0 spiro atoms. The minimum atomic E-state index is -0.247. The van der Waals surface area contributed by atoms with Crippen molar-refractivity contribution >= 4 is 17.8 Å². The molecular formula is C18H27N5O3. The van der Waals surface area contributed by atoms with Gasteiger partial charge in [-0.3, -0.25) is 4.79 Å². The van der Waals surface area contributed by atoms with Crippen LogP contribution >= 0.6 is 0 Å². The van der Waals surface area contributed by atoms with Crippen molar-refractivity contribution in [2.45, 2.75) is 57.5 Å². The second kappa shape index (κ2) is 8.82. The van der Waals surface area contributed by atoms with Crippen molar-refractivity contribution in [1.82, 2.24) is 20.2 Å². The van der Waals surface area contributed by atoms with E-state index < -0.39 is 0 Å². The lowest BCUT2D eigenvalue weighted by Gasteiger charge is -2.31. The fourth-order valence-corrected chi connectivity index (χ4v) is 3.48. The van der Waals surface area contributed by atoms with Crippen LogP contribution in [0, 0.1) is 0 Å². The molecule has 1 aromatic rings. The zero-order chi connectivity index (χ0) is 18.4. The van der Waals surface area contributed by atoms with Gasteiger partial charge in [0.25, 0.3) is 5.91 Å². The van der Waals surface area contributed by atoms with Crippen molar-refractivity contribution in [3.8, 4) is 0 Å². The Bertz CT molecular complexity index is 608. The maximum atomic E-state index is 12.2. The quantitative estimate of drug-likeness (QED) is 0.834.